The quantitative estimate of drug-likeness (QED) is 0.530. The number of fused-ring (bicyclic) bond motifs is 1. The SMILES string of the molecule is O=C(O)CON=C1CC2C1CC(C#CC(O)C1CCCC1)C2O. The van der Waals surface area contributed by atoms with Gasteiger partial charge in [-0.1, -0.05) is 29.8 Å². The Balaban J connectivity index is 1.54. The summed E-state index contributed by atoms with van der Waals surface area (Å²) in [5, 5.41) is 32.8. The van der Waals surface area contributed by atoms with E-state index in [9.17, 15) is 15.0 Å². The normalized spacial score (nSPS) is 36.0. The summed E-state index contributed by atoms with van der Waals surface area (Å²) in [4.78, 5) is 15.2. The van der Waals surface area contributed by atoms with E-state index in [0.717, 1.165) is 31.4 Å². The van der Waals surface area contributed by atoms with Gasteiger partial charge in [0.15, 0.2) is 0 Å². The summed E-state index contributed by atoms with van der Waals surface area (Å²) in [6.07, 6.45) is 4.64. The first-order valence-electron chi connectivity index (χ1n) is 8.34. The van der Waals surface area contributed by atoms with E-state index in [2.05, 4.69) is 17.0 Å². The van der Waals surface area contributed by atoms with Gasteiger partial charge in [-0.2, -0.15) is 0 Å². The van der Waals surface area contributed by atoms with Crippen LogP contribution in [0.2, 0.25) is 0 Å². The zero-order valence-electron chi connectivity index (χ0n) is 13.0. The van der Waals surface area contributed by atoms with Gasteiger partial charge in [0.2, 0.25) is 6.61 Å². The minimum atomic E-state index is -1.05. The molecule has 6 nitrogen and oxygen atoms in total. The van der Waals surface area contributed by atoms with Crippen LogP contribution in [-0.4, -0.2) is 45.8 Å². The van der Waals surface area contributed by atoms with Crippen LogP contribution in [0, 0.1) is 35.5 Å². The van der Waals surface area contributed by atoms with Gasteiger partial charge in [0.25, 0.3) is 0 Å². The number of oxime groups is 1. The van der Waals surface area contributed by atoms with E-state index < -0.39 is 24.8 Å². The minimum Gasteiger partial charge on any atom is -0.479 e. The summed E-state index contributed by atoms with van der Waals surface area (Å²) in [7, 11) is 0. The van der Waals surface area contributed by atoms with E-state index >= 15 is 0 Å². The van der Waals surface area contributed by atoms with Gasteiger partial charge in [-0.15, -0.1) is 0 Å². The number of nitrogens with zero attached hydrogens (tertiary/aromatic N) is 1. The zero-order valence-corrected chi connectivity index (χ0v) is 13.0. The van der Waals surface area contributed by atoms with Crippen LogP contribution in [-0.2, 0) is 9.63 Å². The molecule has 0 aromatic carbocycles. The van der Waals surface area contributed by atoms with Crippen molar-refractivity contribution in [2.24, 2.45) is 28.8 Å². The molecular formula is C17H23NO5. The van der Waals surface area contributed by atoms with Gasteiger partial charge in [-0.25, -0.2) is 4.79 Å². The third-order valence-corrected chi connectivity index (χ3v) is 5.38. The lowest BCUT2D eigenvalue weighted by atomic mass is 9.73. The highest BCUT2D eigenvalue weighted by atomic mass is 16.6. The first-order chi connectivity index (χ1) is 11.1. The third-order valence-electron chi connectivity index (χ3n) is 5.38. The maximum Gasteiger partial charge on any atom is 0.344 e. The molecular weight excluding hydrogens is 298 g/mol. The van der Waals surface area contributed by atoms with Crippen LogP contribution < -0.4 is 0 Å². The molecule has 0 radical (unpaired) electrons. The first kappa shape index (κ1) is 16.3. The lowest BCUT2D eigenvalue weighted by Crippen LogP contribution is -2.38. The van der Waals surface area contributed by atoms with Crippen LogP contribution in [0.4, 0.5) is 0 Å². The summed E-state index contributed by atoms with van der Waals surface area (Å²) in [6.45, 7) is -0.444. The maximum absolute atomic E-state index is 10.4. The molecule has 3 aliphatic carbocycles. The fraction of sp³-hybridized carbons (Fsp3) is 0.765. The van der Waals surface area contributed by atoms with Gasteiger partial charge in [0, 0.05) is 11.8 Å². The molecule has 0 aliphatic heterocycles. The molecule has 3 N–H and O–H groups in total. The Kier molecular flexibility index (Phi) is 4.88. The average molecular weight is 321 g/mol. The summed E-state index contributed by atoms with van der Waals surface area (Å²) in [5.74, 6) is 5.33. The number of aliphatic hydroxyl groups excluding tert-OH is 2. The largest absolute Gasteiger partial charge is 0.479 e. The predicted molar refractivity (Wildman–Crippen MR) is 82.5 cm³/mol. The van der Waals surface area contributed by atoms with Crippen LogP contribution in [0.25, 0.3) is 0 Å². The maximum atomic E-state index is 10.4. The first-order valence-corrected chi connectivity index (χ1v) is 8.34. The lowest BCUT2D eigenvalue weighted by molar-refractivity contribution is -0.142. The van der Waals surface area contributed by atoms with Crippen molar-refractivity contribution in [3.8, 4) is 11.8 Å². The Morgan fingerprint density at radius 1 is 1.39 bits per heavy atom. The molecule has 5 atom stereocenters. The molecule has 0 bridgehead atoms. The summed E-state index contributed by atoms with van der Waals surface area (Å²) < 4.78 is 0. The van der Waals surface area contributed by atoms with Crippen LogP contribution in [0.1, 0.15) is 38.5 Å². The van der Waals surface area contributed by atoms with E-state index in [4.69, 9.17) is 9.94 Å². The number of rotatable bonds is 4. The van der Waals surface area contributed by atoms with Crippen molar-refractivity contribution in [1.29, 1.82) is 0 Å². The number of carboxylic acids is 1. The molecule has 3 fully saturated rings. The van der Waals surface area contributed by atoms with Crippen LogP contribution in [0.3, 0.4) is 0 Å². The highest BCUT2D eigenvalue weighted by molar-refractivity contribution is 5.93. The molecule has 23 heavy (non-hydrogen) atoms. The van der Waals surface area contributed by atoms with Crippen molar-refractivity contribution >= 4 is 11.7 Å². The van der Waals surface area contributed by atoms with Crippen molar-refractivity contribution in [3.05, 3.63) is 0 Å². The number of hydrogen-bond acceptors (Lipinski definition) is 5. The van der Waals surface area contributed by atoms with E-state index in [1.54, 1.807) is 0 Å². The third kappa shape index (κ3) is 3.51. The van der Waals surface area contributed by atoms with Gasteiger partial charge < -0.3 is 20.2 Å². The van der Waals surface area contributed by atoms with Gasteiger partial charge in [-0.05, 0) is 37.5 Å². The van der Waals surface area contributed by atoms with E-state index in [-0.39, 0.29) is 23.7 Å². The second-order valence-corrected chi connectivity index (χ2v) is 6.84. The fourth-order valence-corrected chi connectivity index (χ4v) is 4.01. The standard InChI is InChI=1S/C17H23NO5/c19-15(10-3-1-2-4-10)6-5-11-7-12-13(17(11)22)8-14(12)18-23-9-16(20)21/h10-13,15,17,19,22H,1-4,7-9H2,(H,20,21). The molecule has 0 saturated heterocycles. The fourth-order valence-electron chi connectivity index (χ4n) is 4.01. The Labute approximate surface area is 135 Å². The molecule has 5 unspecified atom stereocenters. The van der Waals surface area contributed by atoms with Crippen LogP contribution in [0.15, 0.2) is 5.16 Å². The molecule has 6 heteroatoms. The highest BCUT2D eigenvalue weighted by Crippen LogP contribution is 2.48. The monoisotopic (exact) mass is 321 g/mol. The van der Waals surface area contributed by atoms with Crippen LogP contribution >= 0.6 is 0 Å². The van der Waals surface area contributed by atoms with E-state index in [1.165, 1.54) is 0 Å². The molecule has 3 aliphatic rings. The zero-order chi connectivity index (χ0) is 16.4. The van der Waals surface area contributed by atoms with E-state index in [1.807, 2.05) is 0 Å². The number of carbonyl (C=O) groups is 1. The van der Waals surface area contributed by atoms with Gasteiger partial charge in [0.1, 0.15) is 6.10 Å². The van der Waals surface area contributed by atoms with Crippen molar-refractivity contribution in [1.82, 2.24) is 0 Å². The molecule has 0 heterocycles. The lowest BCUT2D eigenvalue weighted by Gasteiger charge is -2.33. The average Bonchev–Trinajstić information content (AvgIpc) is 3.10. The summed E-state index contributed by atoms with van der Waals surface area (Å²) >= 11 is 0. The minimum absolute atomic E-state index is 0.127. The summed E-state index contributed by atoms with van der Waals surface area (Å²) in [5.41, 5.74) is 0.816. The number of carboxylic acid groups (broad SMARTS) is 1. The molecule has 0 spiro atoms. The van der Waals surface area contributed by atoms with Gasteiger partial charge in [-0.3, -0.25) is 0 Å². The molecule has 0 aromatic heterocycles. The summed E-state index contributed by atoms with van der Waals surface area (Å²) in [6, 6.07) is 0. The predicted octanol–water partition coefficient (Wildman–Crippen LogP) is 1.01. The van der Waals surface area contributed by atoms with E-state index in [0.29, 0.717) is 12.8 Å². The molecule has 0 amide bonds. The topological polar surface area (TPSA) is 99.4 Å². The molecule has 0 aromatic rings. The van der Waals surface area contributed by atoms with Gasteiger partial charge in [0.05, 0.1) is 11.8 Å². The van der Waals surface area contributed by atoms with Crippen molar-refractivity contribution in [2.75, 3.05) is 6.61 Å². The van der Waals surface area contributed by atoms with Crippen LogP contribution in [0.5, 0.6) is 0 Å². The Bertz CT molecular complexity index is 543. The Morgan fingerprint density at radius 2 is 2.13 bits per heavy atom. The second-order valence-electron chi connectivity index (χ2n) is 6.84. The Morgan fingerprint density at radius 3 is 2.83 bits per heavy atom. The number of hydrogen-bond donors (Lipinski definition) is 3. The number of aliphatic hydroxyl groups is 2. The van der Waals surface area contributed by atoms with Gasteiger partial charge >= 0.3 is 5.97 Å². The highest BCUT2D eigenvalue weighted by Gasteiger charge is 2.51. The molecule has 3 rings (SSSR count). The van der Waals surface area contributed by atoms with Crippen molar-refractivity contribution in [2.45, 2.75) is 50.7 Å². The van der Waals surface area contributed by atoms with Crippen molar-refractivity contribution < 1.29 is 25.0 Å². The molecule has 3 saturated carbocycles. The van der Waals surface area contributed by atoms with Crippen molar-refractivity contribution in [3.63, 3.8) is 0 Å². The smallest absolute Gasteiger partial charge is 0.344 e. The number of aliphatic carboxylic acids is 1. The second kappa shape index (κ2) is 6.90. The molecule has 126 valence electrons. The Hall–Kier alpha value is -1.58.